The number of piperazine rings is 1. The van der Waals surface area contributed by atoms with Gasteiger partial charge in [0, 0.05) is 37.8 Å². The predicted octanol–water partition coefficient (Wildman–Crippen LogP) is 1.46. The summed E-state index contributed by atoms with van der Waals surface area (Å²) in [6, 6.07) is 8.04. The summed E-state index contributed by atoms with van der Waals surface area (Å²) in [5.74, 6) is 0. The number of hydrogen-bond donors (Lipinski definition) is 1. The van der Waals surface area contributed by atoms with Gasteiger partial charge in [0.25, 0.3) is 5.56 Å². The van der Waals surface area contributed by atoms with E-state index in [1.165, 1.54) is 15.3 Å². The molecule has 156 valence electrons. The molecule has 1 aliphatic heterocycles. The van der Waals surface area contributed by atoms with Crippen molar-refractivity contribution in [2.75, 3.05) is 32.8 Å². The van der Waals surface area contributed by atoms with Gasteiger partial charge in [0.05, 0.1) is 17.2 Å². The first kappa shape index (κ1) is 21.0. The highest BCUT2D eigenvalue weighted by Crippen LogP contribution is 2.27. The molecule has 1 aromatic heterocycles. The second-order valence-electron chi connectivity index (χ2n) is 6.57. The second kappa shape index (κ2) is 8.75. The van der Waals surface area contributed by atoms with Crippen molar-refractivity contribution < 1.29 is 17.9 Å². The van der Waals surface area contributed by atoms with E-state index in [0.717, 1.165) is 0 Å². The summed E-state index contributed by atoms with van der Waals surface area (Å²) < 4.78 is 33.0. The van der Waals surface area contributed by atoms with Crippen LogP contribution in [0.15, 0.2) is 40.0 Å². The minimum absolute atomic E-state index is 0.200. The Morgan fingerprint density at radius 2 is 1.86 bits per heavy atom. The molecular weight excluding hydrogens is 396 g/mol. The minimum Gasteiger partial charge on any atom is -0.450 e. The van der Waals surface area contributed by atoms with Crippen LogP contribution in [0, 0.1) is 0 Å². The van der Waals surface area contributed by atoms with E-state index in [1.54, 1.807) is 31.2 Å². The molecule has 3 rings (SSSR count). The van der Waals surface area contributed by atoms with Gasteiger partial charge in [-0.15, -0.1) is 0 Å². The van der Waals surface area contributed by atoms with Crippen molar-refractivity contribution in [2.24, 2.45) is 0 Å². The van der Waals surface area contributed by atoms with Crippen molar-refractivity contribution >= 4 is 16.1 Å². The molecule has 1 aliphatic rings. The van der Waals surface area contributed by atoms with Gasteiger partial charge in [-0.3, -0.25) is 4.79 Å². The number of aryl methyl sites for hydroxylation is 1. The summed E-state index contributed by atoms with van der Waals surface area (Å²) >= 11 is 0. The molecule has 0 bridgehead atoms. The third-order valence-electron chi connectivity index (χ3n) is 4.81. The first-order valence-electron chi connectivity index (χ1n) is 9.47. The molecule has 9 nitrogen and oxygen atoms in total. The number of aromatic amines is 1. The maximum atomic E-state index is 13.3. The van der Waals surface area contributed by atoms with Gasteiger partial charge in [-0.1, -0.05) is 19.1 Å². The Morgan fingerprint density at radius 1 is 1.14 bits per heavy atom. The Hall–Kier alpha value is -2.72. The Labute approximate surface area is 169 Å². The number of nitrogens with zero attached hydrogens (tertiary/aromatic N) is 3. The van der Waals surface area contributed by atoms with E-state index in [1.807, 2.05) is 6.92 Å². The van der Waals surface area contributed by atoms with Gasteiger partial charge in [0.1, 0.15) is 0 Å². The van der Waals surface area contributed by atoms with Crippen molar-refractivity contribution in [3.63, 3.8) is 0 Å². The lowest BCUT2D eigenvalue weighted by Crippen LogP contribution is -2.50. The van der Waals surface area contributed by atoms with Crippen molar-refractivity contribution in [2.45, 2.75) is 25.2 Å². The van der Waals surface area contributed by atoms with E-state index in [0.29, 0.717) is 23.2 Å². The molecule has 0 unspecified atom stereocenters. The van der Waals surface area contributed by atoms with Crippen LogP contribution < -0.4 is 5.56 Å². The van der Waals surface area contributed by atoms with Crippen LogP contribution >= 0.6 is 0 Å². The standard InChI is InChI=1S/C19H24N4O5S/c1-3-14-5-6-15(16-7-8-18(24)21-20-16)13-17(14)29(26,27)23-11-9-22(10-12-23)19(25)28-4-2/h5-8,13H,3-4,9-12H2,1-2H3,(H,21,24). The molecule has 29 heavy (non-hydrogen) atoms. The second-order valence-corrected chi connectivity index (χ2v) is 8.48. The van der Waals surface area contributed by atoms with E-state index in [9.17, 15) is 18.0 Å². The van der Waals surface area contributed by atoms with Gasteiger partial charge in [0.15, 0.2) is 0 Å². The summed E-state index contributed by atoms with van der Waals surface area (Å²) in [5.41, 5.74) is 1.45. The number of ether oxygens (including phenoxy) is 1. The van der Waals surface area contributed by atoms with Gasteiger partial charge in [-0.25, -0.2) is 18.3 Å². The molecule has 0 spiro atoms. The van der Waals surface area contributed by atoms with Gasteiger partial charge in [-0.05, 0) is 31.0 Å². The van der Waals surface area contributed by atoms with Gasteiger partial charge in [-0.2, -0.15) is 9.40 Å². The van der Waals surface area contributed by atoms with Gasteiger partial charge < -0.3 is 9.64 Å². The molecule has 1 fully saturated rings. The molecule has 2 heterocycles. The fraction of sp³-hybridized carbons (Fsp3) is 0.421. The van der Waals surface area contributed by atoms with Crippen LogP contribution in [0.3, 0.4) is 0 Å². The molecule has 2 aromatic rings. The number of sulfonamides is 1. The summed E-state index contributed by atoms with van der Waals surface area (Å²) in [6.45, 7) is 4.86. The fourth-order valence-electron chi connectivity index (χ4n) is 3.22. The number of rotatable bonds is 5. The quantitative estimate of drug-likeness (QED) is 0.784. The maximum Gasteiger partial charge on any atom is 0.409 e. The molecule has 1 amide bonds. The van der Waals surface area contributed by atoms with Crippen LogP contribution in [0.5, 0.6) is 0 Å². The predicted molar refractivity (Wildman–Crippen MR) is 107 cm³/mol. The number of aromatic nitrogens is 2. The number of amides is 1. The average molecular weight is 420 g/mol. The molecule has 1 N–H and O–H groups in total. The lowest BCUT2D eigenvalue weighted by molar-refractivity contribution is 0.0934. The minimum atomic E-state index is -3.75. The van der Waals surface area contributed by atoms with Crippen LogP contribution in [-0.4, -0.2) is 66.7 Å². The molecular formula is C19H24N4O5S. The zero-order valence-electron chi connectivity index (χ0n) is 16.4. The van der Waals surface area contributed by atoms with Crippen LogP contribution in [0.2, 0.25) is 0 Å². The van der Waals surface area contributed by atoms with E-state index < -0.39 is 16.1 Å². The largest absolute Gasteiger partial charge is 0.450 e. The molecule has 0 aliphatic carbocycles. The summed E-state index contributed by atoms with van der Waals surface area (Å²) in [5, 5.41) is 6.34. The monoisotopic (exact) mass is 420 g/mol. The van der Waals surface area contributed by atoms with Crippen LogP contribution in [0.1, 0.15) is 19.4 Å². The molecule has 0 radical (unpaired) electrons. The summed E-state index contributed by atoms with van der Waals surface area (Å²) in [6.07, 6.45) is 0.126. The average Bonchev–Trinajstić information content (AvgIpc) is 2.74. The third-order valence-corrected chi connectivity index (χ3v) is 6.79. The Kier molecular flexibility index (Phi) is 6.33. The van der Waals surface area contributed by atoms with Crippen molar-refractivity contribution in [3.05, 3.63) is 46.2 Å². The van der Waals surface area contributed by atoms with Crippen LogP contribution in [-0.2, 0) is 21.2 Å². The smallest absolute Gasteiger partial charge is 0.409 e. The highest BCUT2D eigenvalue weighted by atomic mass is 32.2. The first-order valence-corrected chi connectivity index (χ1v) is 10.9. The number of H-pyrrole nitrogens is 1. The Morgan fingerprint density at radius 3 is 2.45 bits per heavy atom. The lowest BCUT2D eigenvalue weighted by Gasteiger charge is -2.33. The highest BCUT2D eigenvalue weighted by Gasteiger charge is 2.32. The Balaban J connectivity index is 1.88. The first-order chi connectivity index (χ1) is 13.9. The van der Waals surface area contributed by atoms with E-state index in [-0.39, 0.29) is 43.2 Å². The Bertz CT molecular complexity index is 1020. The van der Waals surface area contributed by atoms with E-state index >= 15 is 0 Å². The van der Waals surface area contributed by atoms with E-state index in [2.05, 4.69) is 10.2 Å². The lowest BCUT2D eigenvalue weighted by atomic mass is 10.1. The van der Waals surface area contributed by atoms with Crippen molar-refractivity contribution in [3.8, 4) is 11.3 Å². The van der Waals surface area contributed by atoms with E-state index in [4.69, 9.17) is 4.74 Å². The molecule has 1 saturated heterocycles. The zero-order chi connectivity index (χ0) is 21.0. The van der Waals surface area contributed by atoms with Crippen molar-refractivity contribution in [1.82, 2.24) is 19.4 Å². The molecule has 10 heteroatoms. The maximum absolute atomic E-state index is 13.3. The number of nitrogens with one attached hydrogen (secondary N) is 1. The molecule has 0 atom stereocenters. The summed E-state index contributed by atoms with van der Waals surface area (Å²) in [7, 11) is -3.75. The summed E-state index contributed by atoms with van der Waals surface area (Å²) in [4.78, 5) is 24.8. The fourth-order valence-corrected chi connectivity index (χ4v) is 4.96. The highest BCUT2D eigenvalue weighted by molar-refractivity contribution is 7.89. The number of hydrogen-bond acceptors (Lipinski definition) is 6. The zero-order valence-corrected chi connectivity index (χ0v) is 17.2. The normalized spacial score (nSPS) is 15.3. The third kappa shape index (κ3) is 4.48. The molecule has 0 saturated carbocycles. The van der Waals surface area contributed by atoms with Crippen LogP contribution in [0.25, 0.3) is 11.3 Å². The van der Waals surface area contributed by atoms with Crippen LogP contribution in [0.4, 0.5) is 4.79 Å². The SMILES string of the molecule is CCOC(=O)N1CCN(S(=O)(=O)c2cc(-c3ccc(=O)[nH]n3)ccc2CC)CC1. The van der Waals surface area contributed by atoms with Gasteiger partial charge >= 0.3 is 6.09 Å². The number of carbonyl (C=O) groups excluding carboxylic acids is 1. The van der Waals surface area contributed by atoms with Crippen molar-refractivity contribution in [1.29, 1.82) is 0 Å². The number of carbonyl (C=O) groups is 1. The molecule has 1 aromatic carbocycles. The van der Waals surface area contributed by atoms with Gasteiger partial charge in [0.2, 0.25) is 10.0 Å². The topological polar surface area (TPSA) is 113 Å². The number of benzene rings is 1.